The highest BCUT2D eigenvalue weighted by Crippen LogP contribution is 2.19. The molecule has 0 atom stereocenters. The van der Waals surface area contributed by atoms with Crippen LogP contribution in [-0.4, -0.2) is 60.9 Å². The molecular formula is C21H24N2O3S. The fourth-order valence-electron chi connectivity index (χ4n) is 2.90. The number of ketones is 1. The minimum atomic E-state index is -0.0912. The lowest BCUT2D eigenvalue weighted by Crippen LogP contribution is -2.37. The number of amides is 1. The molecule has 0 aliphatic carbocycles. The molecule has 142 valence electrons. The molecule has 27 heavy (non-hydrogen) atoms. The number of benzene rings is 2. The Balaban J connectivity index is 1.51. The van der Waals surface area contributed by atoms with Gasteiger partial charge < -0.3 is 10.1 Å². The van der Waals surface area contributed by atoms with Crippen LogP contribution >= 0.6 is 11.8 Å². The number of para-hydroxylation sites is 1. The average molecular weight is 385 g/mol. The smallest absolute Gasteiger partial charge is 0.234 e. The fourth-order valence-corrected chi connectivity index (χ4v) is 3.69. The normalized spacial score (nSPS) is 14.7. The minimum Gasteiger partial charge on any atom is -0.379 e. The molecule has 0 bridgehead atoms. The van der Waals surface area contributed by atoms with Crippen LogP contribution in [0.1, 0.15) is 15.9 Å². The lowest BCUT2D eigenvalue weighted by atomic mass is 10.0. The molecular weight excluding hydrogens is 360 g/mol. The van der Waals surface area contributed by atoms with Crippen LogP contribution in [-0.2, 0) is 9.53 Å². The molecule has 3 rings (SSSR count). The second-order valence-corrected chi connectivity index (χ2v) is 7.40. The number of hydrogen-bond acceptors (Lipinski definition) is 5. The maximum absolute atomic E-state index is 12.7. The van der Waals surface area contributed by atoms with Gasteiger partial charge in [-0.3, -0.25) is 14.5 Å². The topological polar surface area (TPSA) is 58.6 Å². The lowest BCUT2D eigenvalue weighted by molar-refractivity contribution is -0.113. The maximum Gasteiger partial charge on any atom is 0.234 e. The van der Waals surface area contributed by atoms with Gasteiger partial charge in [0, 0.05) is 36.5 Å². The number of carbonyl (C=O) groups is 2. The van der Waals surface area contributed by atoms with Crippen LogP contribution in [0.25, 0.3) is 0 Å². The SMILES string of the molecule is O=C(CSCCN1CCOCC1)Nc1ccccc1C(=O)c1ccccc1. The van der Waals surface area contributed by atoms with Crippen molar-refractivity contribution < 1.29 is 14.3 Å². The van der Waals surface area contributed by atoms with Crippen molar-refractivity contribution in [3.63, 3.8) is 0 Å². The van der Waals surface area contributed by atoms with Crippen LogP contribution in [0.4, 0.5) is 5.69 Å². The van der Waals surface area contributed by atoms with Crippen molar-refractivity contribution in [1.29, 1.82) is 0 Å². The molecule has 0 unspecified atom stereocenters. The van der Waals surface area contributed by atoms with E-state index in [1.54, 1.807) is 36.0 Å². The van der Waals surface area contributed by atoms with Gasteiger partial charge in [-0.05, 0) is 12.1 Å². The number of nitrogens with one attached hydrogen (secondary N) is 1. The van der Waals surface area contributed by atoms with Gasteiger partial charge in [0.25, 0.3) is 0 Å². The Labute approximate surface area is 164 Å². The van der Waals surface area contributed by atoms with E-state index in [0.717, 1.165) is 38.6 Å². The quantitative estimate of drug-likeness (QED) is 0.560. The van der Waals surface area contributed by atoms with Gasteiger partial charge in [-0.2, -0.15) is 11.8 Å². The predicted molar refractivity (Wildman–Crippen MR) is 110 cm³/mol. The van der Waals surface area contributed by atoms with E-state index in [4.69, 9.17) is 4.74 Å². The van der Waals surface area contributed by atoms with Gasteiger partial charge in [0.2, 0.25) is 5.91 Å². The fraction of sp³-hybridized carbons (Fsp3) is 0.333. The molecule has 1 aliphatic heterocycles. The zero-order valence-corrected chi connectivity index (χ0v) is 16.0. The number of thioether (sulfide) groups is 1. The minimum absolute atomic E-state index is 0.0877. The number of ether oxygens (including phenoxy) is 1. The summed E-state index contributed by atoms with van der Waals surface area (Å²) in [6.07, 6.45) is 0. The van der Waals surface area contributed by atoms with Gasteiger partial charge in [0.1, 0.15) is 0 Å². The summed E-state index contributed by atoms with van der Waals surface area (Å²) in [5.74, 6) is 1.10. The Hall–Kier alpha value is -2.15. The highest BCUT2D eigenvalue weighted by atomic mass is 32.2. The van der Waals surface area contributed by atoms with Crippen LogP contribution < -0.4 is 5.32 Å². The number of hydrogen-bond donors (Lipinski definition) is 1. The highest BCUT2D eigenvalue weighted by Gasteiger charge is 2.15. The highest BCUT2D eigenvalue weighted by molar-refractivity contribution is 7.99. The molecule has 5 nitrogen and oxygen atoms in total. The molecule has 2 aromatic carbocycles. The lowest BCUT2D eigenvalue weighted by Gasteiger charge is -2.26. The molecule has 1 amide bonds. The van der Waals surface area contributed by atoms with Gasteiger partial charge in [0.15, 0.2) is 5.78 Å². The number of rotatable bonds is 8. The van der Waals surface area contributed by atoms with Crippen LogP contribution in [0.3, 0.4) is 0 Å². The van der Waals surface area contributed by atoms with Gasteiger partial charge in [-0.1, -0.05) is 42.5 Å². The van der Waals surface area contributed by atoms with Crippen LogP contribution in [0.5, 0.6) is 0 Å². The number of morpholine rings is 1. The zero-order valence-electron chi connectivity index (χ0n) is 15.2. The van der Waals surface area contributed by atoms with E-state index >= 15 is 0 Å². The van der Waals surface area contributed by atoms with Crippen molar-refractivity contribution in [2.75, 3.05) is 49.7 Å². The summed E-state index contributed by atoms with van der Waals surface area (Å²) in [7, 11) is 0. The average Bonchev–Trinajstić information content (AvgIpc) is 2.72. The van der Waals surface area contributed by atoms with Crippen molar-refractivity contribution in [1.82, 2.24) is 4.90 Å². The first-order valence-corrected chi connectivity index (χ1v) is 10.3. The maximum atomic E-state index is 12.7. The Morgan fingerprint density at radius 1 is 1.00 bits per heavy atom. The van der Waals surface area contributed by atoms with Crippen LogP contribution in [0.15, 0.2) is 54.6 Å². The molecule has 6 heteroatoms. The Morgan fingerprint density at radius 3 is 2.48 bits per heavy atom. The molecule has 1 aliphatic rings. The number of anilines is 1. The summed E-state index contributed by atoms with van der Waals surface area (Å²) < 4.78 is 5.33. The summed E-state index contributed by atoms with van der Waals surface area (Å²) in [6.45, 7) is 4.46. The molecule has 1 fully saturated rings. The van der Waals surface area contributed by atoms with Crippen molar-refractivity contribution in [2.45, 2.75) is 0 Å². The summed E-state index contributed by atoms with van der Waals surface area (Å²) in [4.78, 5) is 27.4. The third kappa shape index (κ3) is 5.92. The van der Waals surface area contributed by atoms with Crippen molar-refractivity contribution in [2.24, 2.45) is 0 Å². The number of carbonyl (C=O) groups excluding carboxylic acids is 2. The molecule has 1 heterocycles. The Kier molecular flexibility index (Phi) is 7.45. The summed E-state index contributed by atoms with van der Waals surface area (Å²) in [6, 6.07) is 16.2. The molecule has 1 N–H and O–H groups in total. The van der Waals surface area contributed by atoms with Crippen LogP contribution in [0, 0.1) is 0 Å². The molecule has 1 saturated heterocycles. The van der Waals surface area contributed by atoms with E-state index < -0.39 is 0 Å². The van der Waals surface area contributed by atoms with Crippen molar-refractivity contribution in [3.05, 3.63) is 65.7 Å². The third-order valence-corrected chi connectivity index (χ3v) is 5.31. The first-order chi connectivity index (χ1) is 13.2. The monoisotopic (exact) mass is 384 g/mol. The van der Waals surface area contributed by atoms with E-state index in [1.165, 1.54) is 0 Å². The van der Waals surface area contributed by atoms with Gasteiger partial charge >= 0.3 is 0 Å². The van der Waals surface area contributed by atoms with E-state index in [2.05, 4.69) is 10.2 Å². The molecule has 0 aromatic heterocycles. The largest absolute Gasteiger partial charge is 0.379 e. The second kappa shape index (κ2) is 10.3. The summed E-state index contributed by atoms with van der Waals surface area (Å²) in [5, 5.41) is 2.89. The first kappa shape index (κ1) is 19.6. The molecule has 0 spiro atoms. The van der Waals surface area contributed by atoms with E-state index in [0.29, 0.717) is 22.6 Å². The molecule has 0 radical (unpaired) electrons. The van der Waals surface area contributed by atoms with Gasteiger partial charge in [0.05, 0.1) is 24.7 Å². The molecule has 2 aromatic rings. The van der Waals surface area contributed by atoms with Crippen LogP contribution in [0.2, 0.25) is 0 Å². The third-order valence-electron chi connectivity index (χ3n) is 4.37. The Morgan fingerprint density at radius 2 is 1.70 bits per heavy atom. The van der Waals surface area contributed by atoms with E-state index in [-0.39, 0.29) is 11.7 Å². The van der Waals surface area contributed by atoms with E-state index in [1.807, 2.05) is 30.3 Å². The standard InChI is InChI=1S/C21H24N2O3S/c24-20(16-27-15-12-23-10-13-26-14-11-23)22-19-9-5-4-8-18(19)21(25)17-6-2-1-3-7-17/h1-9H,10-16H2,(H,22,24). The first-order valence-electron chi connectivity index (χ1n) is 9.10. The summed E-state index contributed by atoms with van der Waals surface area (Å²) >= 11 is 1.61. The van der Waals surface area contributed by atoms with Gasteiger partial charge in [-0.15, -0.1) is 0 Å². The number of nitrogens with zero attached hydrogens (tertiary/aromatic N) is 1. The summed E-state index contributed by atoms with van der Waals surface area (Å²) in [5.41, 5.74) is 1.68. The predicted octanol–water partition coefficient (Wildman–Crippen LogP) is 2.92. The second-order valence-electron chi connectivity index (χ2n) is 6.30. The van der Waals surface area contributed by atoms with E-state index in [9.17, 15) is 9.59 Å². The Bertz CT molecular complexity index is 761. The van der Waals surface area contributed by atoms with Crippen molar-refractivity contribution in [3.8, 4) is 0 Å². The van der Waals surface area contributed by atoms with Gasteiger partial charge in [-0.25, -0.2) is 0 Å². The van der Waals surface area contributed by atoms with Crippen molar-refractivity contribution >= 4 is 29.1 Å². The zero-order chi connectivity index (χ0) is 18.9. The molecule has 0 saturated carbocycles.